The van der Waals surface area contributed by atoms with Crippen molar-refractivity contribution in [2.24, 2.45) is 0 Å². The molecular formula is C13H23NO3. The van der Waals surface area contributed by atoms with Crippen LogP contribution in [-0.2, 0) is 22.6 Å². The van der Waals surface area contributed by atoms with E-state index in [1.54, 1.807) is 7.11 Å². The molecule has 0 amide bonds. The molecule has 0 aliphatic rings. The molecule has 0 fully saturated rings. The zero-order valence-corrected chi connectivity index (χ0v) is 11.2. The number of methoxy groups -OCH3 is 1. The molecule has 1 rings (SSSR count). The van der Waals surface area contributed by atoms with Gasteiger partial charge in [-0.25, -0.2) is 0 Å². The van der Waals surface area contributed by atoms with E-state index in [9.17, 15) is 0 Å². The van der Waals surface area contributed by atoms with Crippen LogP contribution in [0.5, 0.6) is 0 Å². The highest BCUT2D eigenvalue weighted by molar-refractivity contribution is 5.06. The number of rotatable bonds is 7. The summed E-state index contributed by atoms with van der Waals surface area (Å²) >= 11 is 0. The number of furan rings is 1. The van der Waals surface area contributed by atoms with Crippen LogP contribution in [0.15, 0.2) is 16.5 Å². The summed E-state index contributed by atoms with van der Waals surface area (Å²) < 4.78 is 15.9. The Hall–Kier alpha value is -0.840. The van der Waals surface area contributed by atoms with Gasteiger partial charge in [0.05, 0.1) is 19.8 Å². The predicted molar refractivity (Wildman–Crippen MR) is 66.8 cm³/mol. The van der Waals surface area contributed by atoms with E-state index in [4.69, 9.17) is 13.9 Å². The highest BCUT2D eigenvalue weighted by Crippen LogP contribution is 2.10. The van der Waals surface area contributed by atoms with Crippen LogP contribution in [-0.4, -0.2) is 25.9 Å². The van der Waals surface area contributed by atoms with Gasteiger partial charge in [-0.1, -0.05) is 0 Å². The van der Waals surface area contributed by atoms with Crippen LogP contribution in [0, 0.1) is 0 Å². The molecule has 0 radical (unpaired) electrons. The summed E-state index contributed by atoms with van der Waals surface area (Å²) in [7, 11) is 1.66. The second-order valence-electron chi connectivity index (χ2n) is 5.02. The Morgan fingerprint density at radius 2 is 1.88 bits per heavy atom. The molecule has 4 heteroatoms. The van der Waals surface area contributed by atoms with Crippen molar-refractivity contribution >= 4 is 0 Å². The highest BCUT2D eigenvalue weighted by atomic mass is 16.5. The van der Waals surface area contributed by atoms with E-state index < -0.39 is 0 Å². The summed E-state index contributed by atoms with van der Waals surface area (Å²) in [4.78, 5) is 0. The quantitative estimate of drug-likeness (QED) is 0.744. The SMILES string of the molecule is COCCOCc1ccc(CNC(C)(C)C)o1. The molecule has 0 aromatic carbocycles. The summed E-state index contributed by atoms with van der Waals surface area (Å²) in [6.45, 7) is 8.83. The maximum absolute atomic E-state index is 5.63. The lowest BCUT2D eigenvalue weighted by atomic mass is 10.1. The van der Waals surface area contributed by atoms with E-state index in [0.29, 0.717) is 19.8 Å². The molecule has 0 saturated carbocycles. The minimum atomic E-state index is 0.0991. The van der Waals surface area contributed by atoms with Crippen LogP contribution in [0.25, 0.3) is 0 Å². The second kappa shape index (κ2) is 6.79. The summed E-state index contributed by atoms with van der Waals surface area (Å²) in [6.07, 6.45) is 0. The number of hydrogen-bond donors (Lipinski definition) is 1. The Balaban J connectivity index is 2.28. The lowest BCUT2D eigenvalue weighted by Gasteiger charge is -2.19. The number of ether oxygens (including phenoxy) is 2. The maximum atomic E-state index is 5.63. The van der Waals surface area contributed by atoms with E-state index in [1.807, 2.05) is 12.1 Å². The van der Waals surface area contributed by atoms with Gasteiger partial charge in [0.2, 0.25) is 0 Å². The van der Waals surface area contributed by atoms with Gasteiger partial charge in [0.15, 0.2) is 0 Å². The van der Waals surface area contributed by atoms with Gasteiger partial charge >= 0.3 is 0 Å². The predicted octanol–water partition coefficient (Wildman–Crippen LogP) is 2.33. The van der Waals surface area contributed by atoms with E-state index in [0.717, 1.165) is 18.1 Å². The first kappa shape index (κ1) is 14.2. The fraction of sp³-hybridized carbons (Fsp3) is 0.692. The van der Waals surface area contributed by atoms with Crippen molar-refractivity contribution in [2.75, 3.05) is 20.3 Å². The van der Waals surface area contributed by atoms with Crippen molar-refractivity contribution in [3.63, 3.8) is 0 Å². The molecule has 1 heterocycles. The van der Waals surface area contributed by atoms with Gasteiger partial charge in [0.25, 0.3) is 0 Å². The van der Waals surface area contributed by atoms with Crippen molar-refractivity contribution in [2.45, 2.75) is 39.5 Å². The van der Waals surface area contributed by atoms with Crippen LogP contribution in [0.3, 0.4) is 0 Å². The van der Waals surface area contributed by atoms with Gasteiger partial charge in [-0.15, -0.1) is 0 Å². The lowest BCUT2D eigenvalue weighted by Crippen LogP contribution is -2.34. The molecule has 1 aromatic heterocycles. The minimum Gasteiger partial charge on any atom is -0.462 e. The zero-order chi connectivity index (χ0) is 12.7. The lowest BCUT2D eigenvalue weighted by molar-refractivity contribution is 0.0533. The third-order valence-electron chi connectivity index (χ3n) is 2.19. The molecule has 4 nitrogen and oxygen atoms in total. The molecule has 0 bridgehead atoms. The van der Waals surface area contributed by atoms with Crippen LogP contribution in [0.2, 0.25) is 0 Å². The third kappa shape index (κ3) is 6.46. The van der Waals surface area contributed by atoms with E-state index in [-0.39, 0.29) is 5.54 Å². The molecule has 1 N–H and O–H groups in total. The molecule has 1 aromatic rings. The molecule has 0 spiro atoms. The Labute approximate surface area is 103 Å². The summed E-state index contributed by atoms with van der Waals surface area (Å²) in [5, 5.41) is 3.37. The number of hydrogen-bond acceptors (Lipinski definition) is 4. The Bertz CT molecular complexity index is 315. The molecule has 0 aliphatic heterocycles. The summed E-state index contributed by atoms with van der Waals surface area (Å²) in [5.74, 6) is 1.79. The summed E-state index contributed by atoms with van der Waals surface area (Å²) in [6, 6.07) is 3.93. The normalized spacial score (nSPS) is 12.0. The van der Waals surface area contributed by atoms with Crippen molar-refractivity contribution in [3.05, 3.63) is 23.7 Å². The van der Waals surface area contributed by atoms with Crippen LogP contribution in [0.4, 0.5) is 0 Å². The fourth-order valence-corrected chi connectivity index (χ4v) is 1.26. The second-order valence-corrected chi connectivity index (χ2v) is 5.02. The molecular weight excluding hydrogens is 218 g/mol. The third-order valence-corrected chi connectivity index (χ3v) is 2.19. The smallest absolute Gasteiger partial charge is 0.129 e. The van der Waals surface area contributed by atoms with Gasteiger partial charge < -0.3 is 19.2 Å². The zero-order valence-electron chi connectivity index (χ0n) is 11.2. The molecule has 0 unspecified atom stereocenters. The largest absolute Gasteiger partial charge is 0.462 e. The Morgan fingerprint density at radius 3 is 2.53 bits per heavy atom. The first-order valence-corrected chi connectivity index (χ1v) is 5.90. The number of nitrogens with one attached hydrogen (secondary N) is 1. The molecule has 0 aliphatic carbocycles. The average Bonchev–Trinajstić information content (AvgIpc) is 2.69. The standard InChI is InChI=1S/C13H23NO3/c1-13(2,3)14-9-11-5-6-12(17-11)10-16-8-7-15-4/h5-6,14H,7-10H2,1-4H3. The van der Waals surface area contributed by atoms with E-state index in [2.05, 4.69) is 26.1 Å². The van der Waals surface area contributed by atoms with Gasteiger partial charge in [-0.2, -0.15) is 0 Å². The molecule has 98 valence electrons. The minimum absolute atomic E-state index is 0.0991. The van der Waals surface area contributed by atoms with Gasteiger partial charge in [0, 0.05) is 12.6 Å². The molecule has 17 heavy (non-hydrogen) atoms. The van der Waals surface area contributed by atoms with E-state index >= 15 is 0 Å². The van der Waals surface area contributed by atoms with Gasteiger partial charge in [0.1, 0.15) is 18.1 Å². The van der Waals surface area contributed by atoms with Crippen LogP contribution in [0.1, 0.15) is 32.3 Å². The van der Waals surface area contributed by atoms with Crippen LogP contribution < -0.4 is 5.32 Å². The topological polar surface area (TPSA) is 43.6 Å². The molecule has 0 atom stereocenters. The monoisotopic (exact) mass is 241 g/mol. The Kier molecular flexibility index (Phi) is 5.68. The maximum Gasteiger partial charge on any atom is 0.129 e. The average molecular weight is 241 g/mol. The summed E-state index contributed by atoms with van der Waals surface area (Å²) in [5.41, 5.74) is 0.0991. The fourth-order valence-electron chi connectivity index (χ4n) is 1.26. The van der Waals surface area contributed by atoms with Crippen molar-refractivity contribution in [1.82, 2.24) is 5.32 Å². The van der Waals surface area contributed by atoms with Crippen molar-refractivity contribution in [3.8, 4) is 0 Å². The first-order valence-electron chi connectivity index (χ1n) is 5.90. The highest BCUT2D eigenvalue weighted by Gasteiger charge is 2.10. The first-order chi connectivity index (χ1) is 8.01. The van der Waals surface area contributed by atoms with E-state index in [1.165, 1.54) is 0 Å². The van der Waals surface area contributed by atoms with Crippen LogP contribution >= 0.6 is 0 Å². The van der Waals surface area contributed by atoms with Gasteiger partial charge in [-0.3, -0.25) is 0 Å². The Morgan fingerprint density at radius 1 is 1.18 bits per heavy atom. The molecule has 0 saturated heterocycles. The van der Waals surface area contributed by atoms with Crippen molar-refractivity contribution in [1.29, 1.82) is 0 Å². The van der Waals surface area contributed by atoms with Crippen molar-refractivity contribution < 1.29 is 13.9 Å². The van der Waals surface area contributed by atoms with Gasteiger partial charge in [-0.05, 0) is 32.9 Å².